The largest absolute Gasteiger partial charge is 0.395 e. The van der Waals surface area contributed by atoms with E-state index in [0.717, 1.165) is 19.3 Å². The molecule has 0 spiro atoms. The second kappa shape index (κ2) is 4.33. The van der Waals surface area contributed by atoms with Gasteiger partial charge in [0.2, 0.25) is 0 Å². The van der Waals surface area contributed by atoms with Crippen molar-refractivity contribution in [2.45, 2.75) is 42.8 Å². The molecule has 0 aromatic heterocycles. The Bertz CT molecular complexity index is 119. The zero-order valence-corrected chi connectivity index (χ0v) is 7.68. The maximum atomic E-state index is 9.43. The molecule has 1 saturated carbocycles. The molecule has 2 nitrogen and oxygen atoms in total. The monoisotopic (exact) mass is 176 g/mol. The van der Waals surface area contributed by atoms with E-state index < -0.39 is 0 Å². The van der Waals surface area contributed by atoms with Crippen LogP contribution in [-0.4, -0.2) is 33.4 Å². The summed E-state index contributed by atoms with van der Waals surface area (Å²) in [6.45, 7) is 2.21. The van der Waals surface area contributed by atoms with Crippen molar-refractivity contribution in [3.8, 4) is 0 Å². The van der Waals surface area contributed by atoms with Gasteiger partial charge in [-0.05, 0) is 19.3 Å². The summed E-state index contributed by atoms with van der Waals surface area (Å²) in [5, 5.41) is 18.9. The average Bonchev–Trinajstić information content (AvgIpc) is 2.37. The van der Waals surface area contributed by atoms with Crippen molar-refractivity contribution in [1.82, 2.24) is 0 Å². The van der Waals surface area contributed by atoms with E-state index in [1.807, 2.05) is 6.92 Å². The third kappa shape index (κ3) is 2.65. The first-order valence-corrected chi connectivity index (χ1v) is 5.12. The third-order valence-corrected chi connectivity index (χ3v) is 3.60. The second-order valence-electron chi connectivity index (χ2n) is 3.17. The molecule has 1 aliphatic rings. The van der Waals surface area contributed by atoms with Crippen molar-refractivity contribution in [1.29, 1.82) is 0 Å². The third-order valence-electron chi connectivity index (χ3n) is 2.08. The first-order chi connectivity index (χ1) is 5.24. The van der Waals surface area contributed by atoms with Crippen LogP contribution in [0.2, 0.25) is 0 Å². The smallest absolute Gasteiger partial charge is 0.0658 e. The van der Waals surface area contributed by atoms with Crippen molar-refractivity contribution in [3.63, 3.8) is 0 Å². The predicted octanol–water partition coefficient (Wildman–Crippen LogP) is 1.01. The Balaban J connectivity index is 2.24. The average molecular weight is 176 g/mol. The first kappa shape index (κ1) is 9.36. The van der Waals surface area contributed by atoms with E-state index in [4.69, 9.17) is 5.11 Å². The van der Waals surface area contributed by atoms with Gasteiger partial charge in [-0.2, -0.15) is 11.8 Å². The molecule has 3 heteroatoms. The van der Waals surface area contributed by atoms with Gasteiger partial charge in [0.15, 0.2) is 0 Å². The van der Waals surface area contributed by atoms with Gasteiger partial charge in [0.1, 0.15) is 0 Å². The highest BCUT2D eigenvalue weighted by Crippen LogP contribution is 2.32. The van der Waals surface area contributed by atoms with Gasteiger partial charge in [-0.1, -0.05) is 6.92 Å². The molecule has 1 unspecified atom stereocenters. The van der Waals surface area contributed by atoms with Crippen molar-refractivity contribution < 1.29 is 10.2 Å². The fourth-order valence-corrected chi connectivity index (χ4v) is 2.71. The number of aliphatic hydroxyl groups is 2. The Morgan fingerprint density at radius 2 is 2.27 bits per heavy atom. The lowest BCUT2D eigenvalue weighted by atomic mass is 10.3. The van der Waals surface area contributed by atoms with Gasteiger partial charge >= 0.3 is 0 Å². The van der Waals surface area contributed by atoms with Gasteiger partial charge in [-0.15, -0.1) is 0 Å². The van der Waals surface area contributed by atoms with Crippen LogP contribution in [0, 0.1) is 0 Å². The molecule has 0 aliphatic heterocycles. The summed E-state index contributed by atoms with van der Waals surface area (Å²) < 4.78 is 0. The number of hydrogen-bond acceptors (Lipinski definition) is 3. The van der Waals surface area contributed by atoms with Crippen LogP contribution in [0.5, 0.6) is 0 Å². The van der Waals surface area contributed by atoms with Gasteiger partial charge in [-0.25, -0.2) is 0 Å². The Labute approximate surface area is 72.0 Å². The first-order valence-electron chi connectivity index (χ1n) is 4.18. The zero-order chi connectivity index (χ0) is 8.27. The van der Waals surface area contributed by atoms with Gasteiger partial charge in [-0.3, -0.25) is 0 Å². The van der Waals surface area contributed by atoms with Crippen molar-refractivity contribution >= 4 is 11.8 Å². The fraction of sp³-hybridized carbons (Fsp3) is 1.00. The van der Waals surface area contributed by atoms with Crippen LogP contribution in [0.1, 0.15) is 26.2 Å². The van der Waals surface area contributed by atoms with Crippen molar-refractivity contribution in [2.75, 3.05) is 6.61 Å². The van der Waals surface area contributed by atoms with Gasteiger partial charge in [0.05, 0.1) is 12.7 Å². The summed E-state index contributed by atoms with van der Waals surface area (Å²) in [5.41, 5.74) is 0. The quantitative estimate of drug-likeness (QED) is 0.674. The number of thioether (sulfide) groups is 1. The highest BCUT2D eigenvalue weighted by Gasteiger charge is 2.26. The van der Waals surface area contributed by atoms with E-state index in [0.29, 0.717) is 5.25 Å². The number of hydrogen-bond donors (Lipinski definition) is 2. The molecule has 11 heavy (non-hydrogen) atoms. The normalized spacial score (nSPS) is 34.1. The summed E-state index contributed by atoms with van der Waals surface area (Å²) in [6.07, 6.45) is 3.05. The lowest BCUT2D eigenvalue weighted by molar-refractivity contribution is 0.187. The van der Waals surface area contributed by atoms with E-state index in [1.54, 1.807) is 11.8 Å². The summed E-state index contributed by atoms with van der Waals surface area (Å²) in [4.78, 5) is 0. The highest BCUT2D eigenvalue weighted by atomic mass is 32.2. The van der Waals surface area contributed by atoms with Crippen LogP contribution >= 0.6 is 11.8 Å². The Kier molecular flexibility index (Phi) is 3.69. The molecule has 2 N–H and O–H groups in total. The maximum Gasteiger partial charge on any atom is 0.0658 e. The molecule has 0 bridgehead atoms. The van der Waals surface area contributed by atoms with E-state index >= 15 is 0 Å². The van der Waals surface area contributed by atoms with E-state index in [9.17, 15) is 5.11 Å². The molecule has 1 fully saturated rings. The fourth-order valence-electron chi connectivity index (χ4n) is 1.41. The summed E-state index contributed by atoms with van der Waals surface area (Å²) >= 11 is 1.72. The van der Waals surface area contributed by atoms with Crippen molar-refractivity contribution in [3.05, 3.63) is 0 Å². The topological polar surface area (TPSA) is 40.5 Å². The number of rotatable bonds is 3. The van der Waals surface area contributed by atoms with E-state index in [1.165, 1.54) is 0 Å². The molecule has 0 heterocycles. The van der Waals surface area contributed by atoms with E-state index in [-0.39, 0.29) is 18.0 Å². The predicted molar refractivity (Wildman–Crippen MR) is 47.8 cm³/mol. The minimum absolute atomic E-state index is 0.131. The van der Waals surface area contributed by atoms with Gasteiger partial charge in [0.25, 0.3) is 0 Å². The second-order valence-corrected chi connectivity index (χ2v) is 4.85. The van der Waals surface area contributed by atoms with Crippen LogP contribution in [-0.2, 0) is 0 Å². The molecule has 0 amide bonds. The molecule has 1 rings (SSSR count). The standard InChI is InChI=1S/C8H16O2S/c1-6(5-9)11-8-4-2-3-7(8)10/h6-10H,2-5H2,1H3/t6?,7-,8-/m1/s1. The Hall–Kier alpha value is 0.270. The number of aliphatic hydroxyl groups excluding tert-OH is 2. The van der Waals surface area contributed by atoms with Crippen LogP contribution in [0.15, 0.2) is 0 Å². The molecule has 1 aliphatic carbocycles. The minimum Gasteiger partial charge on any atom is -0.395 e. The molecule has 3 atom stereocenters. The SMILES string of the molecule is CC(CO)S[C@@H]1CCC[C@H]1O. The molecular formula is C8H16O2S. The molecular weight excluding hydrogens is 160 g/mol. The van der Waals surface area contributed by atoms with Gasteiger partial charge < -0.3 is 10.2 Å². The minimum atomic E-state index is -0.131. The lowest BCUT2D eigenvalue weighted by Gasteiger charge is -2.17. The molecule has 0 radical (unpaired) electrons. The summed E-state index contributed by atoms with van der Waals surface area (Å²) in [5.74, 6) is 0. The van der Waals surface area contributed by atoms with Crippen LogP contribution in [0.4, 0.5) is 0 Å². The Morgan fingerprint density at radius 1 is 1.55 bits per heavy atom. The van der Waals surface area contributed by atoms with Crippen molar-refractivity contribution in [2.24, 2.45) is 0 Å². The summed E-state index contributed by atoms with van der Waals surface area (Å²) in [7, 11) is 0. The highest BCUT2D eigenvalue weighted by molar-refractivity contribution is 8.00. The maximum absolute atomic E-state index is 9.43. The molecule has 0 aromatic carbocycles. The molecule has 66 valence electrons. The molecule has 0 saturated heterocycles. The zero-order valence-electron chi connectivity index (χ0n) is 6.86. The summed E-state index contributed by atoms with van der Waals surface area (Å²) in [6, 6.07) is 0. The van der Waals surface area contributed by atoms with Crippen LogP contribution in [0.3, 0.4) is 0 Å². The Morgan fingerprint density at radius 3 is 2.73 bits per heavy atom. The molecule has 0 aromatic rings. The van der Waals surface area contributed by atoms with Gasteiger partial charge in [0, 0.05) is 10.5 Å². The van der Waals surface area contributed by atoms with Crippen LogP contribution < -0.4 is 0 Å². The van der Waals surface area contributed by atoms with E-state index in [2.05, 4.69) is 0 Å². The van der Waals surface area contributed by atoms with Crippen LogP contribution in [0.25, 0.3) is 0 Å². The lowest BCUT2D eigenvalue weighted by Crippen LogP contribution is -2.19.